The lowest BCUT2D eigenvalue weighted by molar-refractivity contribution is -0.118. The van der Waals surface area contributed by atoms with Gasteiger partial charge in [-0.2, -0.15) is 0 Å². The summed E-state index contributed by atoms with van der Waals surface area (Å²) < 4.78 is 6.41. The first-order chi connectivity index (χ1) is 7.50. The number of ether oxygens (including phenoxy) is 1. The van der Waals surface area contributed by atoms with Crippen LogP contribution in [0.25, 0.3) is 0 Å². The molecule has 4 nitrogen and oxygen atoms in total. The highest BCUT2D eigenvalue weighted by Crippen LogP contribution is 2.27. The van der Waals surface area contributed by atoms with Crippen LogP contribution in [0.1, 0.15) is 24.9 Å². The van der Waals surface area contributed by atoms with E-state index < -0.39 is 0 Å². The molecule has 0 fully saturated rings. The zero-order chi connectivity index (χ0) is 12.1. The highest BCUT2D eigenvalue weighted by atomic mass is 79.9. The summed E-state index contributed by atoms with van der Waals surface area (Å²) in [4.78, 5) is 10.6. The van der Waals surface area contributed by atoms with E-state index in [0.29, 0.717) is 5.75 Å². The SMILES string of the molecule is C[C@H](N)c1cc(Br)ccc1OCCC(N)=O. The molecule has 0 bridgehead atoms. The third-order valence-electron chi connectivity index (χ3n) is 2.07. The van der Waals surface area contributed by atoms with Crippen LogP contribution in [-0.4, -0.2) is 12.5 Å². The molecule has 0 aromatic heterocycles. The van der Waals surface area contributed by atoms with Crippen molar-refractivity contribution in [1.29, 1.82) is 0 Å². The van der Waals surface area contributed by atoms with Crippen molar-refractivity contribution in [3.63, 3.8) is 0 Å². The van der Waals surface area contributed by atoms with Crippen LogP contribution in [0.5, 0.6) is 5.75 Å². The Morgan fingerprint density at radius 3 is 2.81 bits per heavy atom. The van der Waals surface area contributed by atoms with E-state index in [1.165, 1.54) is 0 Å². The Hall–Kier alpha value is -1.07. The number of hydrogen-bond acceptors (Lipinski definition) is 3. The molecule has 0 aliphatic rings. The van der Waals surface area contributed by atoms with Crippen LogP contribution in [0.3, 0.4) is 0 Å². The topological polar surface area (TPSA) is 78.3 Å². The average molecular weight is 287 g/mol. The molecule has 88 valence electrons. The lowest BCUT2D eigenvalue weighted by Crippen LogP contribution is -2.15. The number of benzene rings is 1. The van der Waals surface area contributed by atoms with Gasteiger partial charge in [-0.1, -0.05) is 15.9 Å². The maximum Gasteiger partial charge on any atom is 0.220 e. The molecule has 0 unspecified atom stereocenters. The van der Waals surface area contributed by atoms with Gasteiger partial charge in [0.25, 0.3) is 0 Å². The molecule has 5 heteroatoms. The van der Waals surface area contributed by atoms with E-state index in [2.05, 4.69) is 15.9 Å². The van der Waals surface area contributed by atoms with Crippen molar-refractivity contribution in [3.8, 4) is 5.75 Å². The minimum absolute atomic E-state index is 0.124. The van der Waals surface area contributed by atoms with Gasteiger partial charge in [0.15, 0.2) is 0 Å². The van der Waals surface area contributed by atoms with Crippen molar-refractivity contribution in [3.05, 3.63) is 28.2 Å². The zero-order valence-corrected chi connectivity index (χ0v) is 10.7. The van der Waals surface area contributed by atoms with E-state index in [-0.39, 0.29) is 25.0 Å². The van der Waals surface area contributed by atoms with Gasteiger partial charge < -0.3 is 16.2 Å². The van der Waals surface area contributed by atoms with Crippen molar-refractivity contribution < 1.29 is 9.53 Å². The van der Waals surface area contributed by atoms with Crippen LogP contribution in [0.4, 0.5) is 0 Å². The van der Waals surface area contributed by atoms with Crippen LogP contribution in [0.15, 0.2) is 22.7 Å². The molecular formula is C11H15BrN2O2. The summed E-state index contributed by atoms with van der Waals surface area (Å²) in [5.41, 5.74) is 11.8. The largest absolute Gasteiger partial charge is 0.493 e. The number of primary amides is 1. The van der Waals surface area contributed by atoms with E-state index in [0.717, 1.165) is 10.0 Å². The molecule has 0 radical (unpaired) electrons. The van der Waals surface area contributed by atoms with Crippen molar-refractivity contribution in [1.82, 2.24) is 0 Å². The van der Waals surface area contributed by atoms with Crippen LogP contribution in [-0.2, 0) is 4.79 Å². The lowest BCUT2D eigenvalue weighted by atomic mass is 10.1. The van der Waals surface area contributed by atoms with Crippen molar-refractivity contribution in [2.75, 3.05) is 6.61 Å². The standard InChI is InChI=1S/C11H15BrN2O2/c1-7(13)9-6-8(12)2-3-10(9)16-5-4-11(14)15/h2-3,6-7H,4-5,13H2,1H3,(H2,14,15)/t7-/m0/s1. The summed E-state index contributed by atoms with van der Waals surface area (Å²) in [5, 5.41) is 0. The van der Waals surface area contributed by atoms with Crippen LogP contribution < -0.4 is 16.2 Å². The van der Waals surface area contributed by atoms with Crippen molar-refractivity contribution >= 4 is 21.8 Å². The number of nitrogens with two attached hydrogens (primary N) is 2. The number of carbonyl (C=O) groups is 1. The fraction of sp³-hybridized carbons (Fsp3) is 0.364. The quantitative estimate of drug-likeness (QED) is 0.865. The average Bonchev–Trinajstić information content (AvgIpc) is 2.19. The first kappa shape index (κ1) is 13.0. The first-order valence-corrected chi connectivity index (χ1v) is 5.76. The Morgan fingerprint density at radius 1 is 1.56 bits per heavy atom. The molecular weight excluding hydrogens is 272 g/mol. The number of hydrogen-bond donors (Lipinski definition) is 2. The molecule has 16 heavy (non-hydrogen) atoms. The highest BCUT2D eigenvalue weighted by molar-refractivity contribution is 9.10. The molecule has 0 saturated carbocycles. The maximum atomic E-state index is 10.6. The molecule has 0 heterocycles. The fourth-order valence-electron chi connectivity index (χ4n) is 1.27. The monoisotopic (exact) mass is 286 g/mol. The Balaban J connectivity index is 2.74. The summed E-state index contributed by atoms with van der Waals surface area (Å²) in [5.74, 6) is 0.318. The number of carbonyl (C=O) groups excluding carboxylic acids is 1. The predicted molar refractivity (Wildman–Crippen MR) is 66.1 cm³/mol. The lowest BCUT2D eigenvalue weighted by Gasteiger charge is -2.13. The summed E-state index contributed by atoms with van der Waals surface area (Å²) in [6.07, 6.45) is 0.203. The van der Waals surface area contributed by atoms with E-state index in [9.17, 15) is 4.79 Å². The molecule has 0 saturated heterocycles. The molecule has 0 spiro atoms. The van der Waals surface area contributed by atoms with E-state index in [1.54, 1.807) is 0 Å². The van der Waals surface area contributed by atoms with Gasteiger partial charge in [-0.05, 0) is 25.1 Å². The second kappa shape index (κ2) is 5.86. The fourth-order valence-corrected chi connectivity index (χ4v) is 1.65. The second-order valence-electron chi connectivity index (χ2n) is 3.54. The second-order valence-corrected chi connectivity index (χ2v) is 4.45. The summed E-state index contributed by atoms with van der Waals surface area (Å²) in [6.45, 7) is 2.15. The molecule has 0 aliphatic heterocycles. The number of halogens is 1. The normalized spacial score (nSPS) is 12.2. The van der Waals surface area contributed by atoms with Gasteiger partial charge in [-0.15, -0.1) is 0 Å². The third kappa shape index (κ3) is 3.83. The highest BCUT2D eigenvalue weighted by Gasteiger charge is 2.09. The van der Waals surface area contributed by atoms with Gasteiger partial charge in [-0.25, -0.2) is 0 Å². The van der Waals surface area contributed by atoms with Crippen molar-refractivity contribution in [2.24, 2.45) is 11.5 Å². The predicted octanol–water partition coefficient (Wildman–Crippen LogP) is 1.72. The summed E-state index contributed by atoms with van der Waals surface area (Å²) in [7, 11) is 0. The summed E-state index contributed by atoms with van der Waals surface area (Å²) >= 11 is 3.37. The van der Waals surface area contributed by atoms with Crippen LogP contribution in [0.2, 0.25) is 0 Å². The van der Waals surface area contributed by atoms with Gasteiger partial charge in [0.1, 0.15) is 5.75 Å². The van der Waals surface area contributed by atoms with Crippen LogP contribution >= 0.6 is 15.9 Å². The molecule has 1 rings (SSSR count). The minimum Gasteiger partial charge on any atom is -0.493 e. The Kier molecular flexibility index (Phi) is 4.76. The van der Waals surface area contributed by atoms with E-state index in [4.69, 9.17) is 16.2 Å². The van der Waals surface area contributed by atoms with Gasteiger partial charge in [0.2, 0.25) is 5.91 Å². The molecule has 0 aliphatic carbocycles. The van der Waals surface area contributed by atoms with E-state index >= 15 is 0 Å². The Morgan fingerprint density at radius 2 is 2.25 bits per heavy atom. The maximum absolute atomic E-state index is 10.6. The Labute approximate surface area is 103 Å². The first-order valence-electron chi connectivity index (χ1n) is 4.97. The third-order valence-corrected chi connectivity index (χ3v) is 2.56. The Bertz CT molecular complexity index is 380. The smallest absolute Gasteiger partial charge is 0.220 e. The van der Waals surface area contributed by atoms with Gasteiger partial charge in [0, 0.05) is 16.1 Å². The van der Waals surface area contributed by atoms with Gasteiger partial charge in [-0.3, -0.25) is 4.79 Å². The molecule has 4 N–H and O–H groups in total. The zero-order valence-electron chi connectivity index (χ0n) is 9.07. The van der Waals surface area contributed by atoms with Gasteiger partial charge >= 0.3 is 0 Å². The number of rotatable bonds is 5. The van der Waals surface area contributed by atoms with Crippen LogP contribution in [0, 0.1) is 0 Å². The molecule has 1 aromatic rings. The summed E-state index contributed by atoms with van der Waals surface area (Å²) in [6, 6.07) is 5.47. The molecule has 1 aromatic carbocycles. The molecule has 1 amide bonds. The molecule has 1 atom stereocenters. The number of amides is 1. The van der Waals surface area contributed by atoms with Gasteiger partial charge in [0.05, 0.1) is 13.0 Å². The van der Waals surface area contributed by atoms with Crippen molar-refractivity contribution in [2.45, 2.75) is 19.4 Å². The van der Waals surface area contributed by atoms with E-state index in [1.807, 2.05) is 25.1 Å². The minimum atomic E-state index is -0.376.